The lowest BCUT2D eigenvalue weighted by Gasteiger charge is -2.21. The van der Waals surface area contributed by atoms with Crippen LogP contribution in [0.4, 0.5) is 0 Å². The molecule has 5 unspecified atom stereocenters. The van der Waals surface area contributed by atoms with E-state index < -0.39 is 97.5 Å². The quantitative estimate of drug-likeness (QED) is 0.0169. The third kappa shape index (κ3) is 70.4. The number of esters is 4. The van der Waals surface area contributed by atoms with Crippen LogP contribution < -0.4 is 0 Å². The molecule has 0 aliphatic carbocycles. The molecule has 0 amide bonds. The lowest BCUT2D eigenvalue weighted by Crippen LogP contribution is -2.30. The summed E-state index contributed by atoms with van der Waals surface area (Å²) in [5, 5.41) is 10.6. The number of hydrogen-bond donors (Lipinski definition) is 3. The van der Waals surface area contributed by atoms with E-state index in [-0.39, 0.29) is 25.7 Å². The number of carbonyl (C=O) groups is 4. The van der Waals surface area contributed by atoms with Gasteiger partial charge in [-0.2, -0.15) is 0 Å². The summed E-state index contributed by atoms with van der Waals surface area (Å²) in [5.74, 6) is -2.21. The Morgan fingerprint density at radius 3 is 0.827 bits per heavy atom. The fourth-order valence-corrected chi connectivity index (χ4v) is 11.8. The summed E-state index contributed by atoms with van der Waals surface area (Å²) in [6.07, 6.45) is 74.0. The molecule has 3 N–H and O–H groups in total. The first kappa shape index (κ1) is 94.0. The molecular formula is C79H138O17P2. The van der Waals surface area contributed by atoms with Gasteiger partial charge in [0.15, 0.2) is 12.2 Å². The van der Waals surface area contributed by atoms with Gasteiger partial charge in [0.05, 0.1) is 26.4 Å². The predicted molar refractivity (Wildman–Crippen MR) is 399 cm³/mol. The number of carbonyl (C=O) groups excluding carboxylic acids is 4. The van der Waals surface area contributed by atoms with Crippen molar-refractivity contribution in [3.63, 3.8) is 0 Å². The van der Waals surface area contributed by atoms with E-state index in [4.69, 9.17) is 37.0 Å². The zero-order valence-electron chi connectivity index (χ0n) is 61.7. The first-order chi connectivity index (χ1) is 47.7. The van der Waals surface area contributed by atoms with Gasteiger partial charge in [0.25, 0.3) is 0 Å². The second-order valence-electron chi connectivity index (χ2n) is 25.5. The Labute approximate surface area is 595 Å². The van der Waals surface area contributed by atoms with Gasteiger partial charge in [0.1, 0.15) is 19.3 Å². The van der Waals surface area contributed by atoms with E-state index in [0.717, 1.165) is 167 Å². The van der Waals surface area contributed by atoms with Crippen LogP contribution in [0, 0.1) is 0 Å². The van der Waals surface area contributed by atoms with Crippen molar-refractivity contribution in [2.45, 2.75) is 341 Å². The minimum Gasteiger partial charge on any atom is -0.462 e. The number of unbranched alkanes of at least 4 members (excludes halogenated alkanes) is 30. The zero-order valence-corrected chi connectivity index (χ0v) is 63.5. The van der Waals surface area contributed by atoms with Crippen LogP contribution in [-0.2, 0) is 65.4 Å². The summed E-state index contributed by atoms with van der Waals surface area (Å²) in [5.41, 5.74) is 0. The molecule has 566 valence electrons. The van der Waals surface area contributed by atoms with Gasteiger partial charge in [0, 0.05) is 25.7 Å². The van der Waals surface area contributed by atoms with Crippen LogP contribution in [0.25, 0.3) is 0 Å². The highest BCUT2D eigenvalue weighted by molar-refractivity contribution is 7.47. The van der Waals surface area contributed by atoms with E-state index >= 15 is 0 Å². The maximum absolute atomic E-state index is 13.1. The Morgan fingerprint density at radius 2 is 0.531 bits per heavy atom. The molecule has 0 aromatic rings. The van der Waals surface area contributed by atoms with Crippen molar-refractivity contribution in [2.75, 3.05) is 39.6 Å². The van der Waals surface area contributed by atoms with Crippen LogP contribution >= 0.6 is 15.6 Å². The fourth-order valence-electron chi connectivity index (χ4n) is 10.2. The topological polar surface area (TPSA) is 237 Å². The lowest BCUT2D eigenvalue weighted by atomic mass is 10.1. The van der Waals surface area contributed by atoms with Crippen LogP contribution in [0.5, 0.6) is 0 Å². The number of allylic oxidation sites excluding steroid dienone is 16. The number of rotatable bonds is 72. The molecule has 0 radical (unpaired) electrons. The summed E-state index contributed by atoms with van der Waals surface area (Å²) in [7, 11) is -9.95. The van der Waals surface area contributed by atoms with E-state index in [1.807, 2.05) is 0 Å². The van der Waals surface area contributed by atoms with E-state index in [1.54, 1.807) is 0 Å². The summed E-state index contributed by atoms with van der Waals surface area (Å²) < 4.78 is 68.4. The molecule has 0 aromatic heterocycles. The molecule has 0 rings (SSSR count). The van der Waals surface area contributed by atoms with E-state index in [1.165, 1.54) is 77.0 Å². The molecule has 0 saturated carbocycles. The average Bonchev–Trinajstić information content (AvgIpc) is 0.986. The molecular weight excluding hydrogens is 1280 g/mol. The van der Waals surface area contributed by atoms with Gasteiger partial charge in [0.2, 0.25) is 0 Å². The molecule has 5 atom stereocenters. The van der Waals surface area contributed by atoms with Gasteiger partial charge in [-0.25, -0.2) is 9.13 Å². The summed E-state index contributed by atoms with van der Waals surface area (Å²) in [4.78, 5) is 72.8. The maximum Gasteiger partial charge on any atom is 0.472 e. The second-order valence-corrected chi connectivity index (χ2v) is 28.4. The lowest BCUT2D eigenvalue weighted by molar-refractivity contribution is -0.161. The van der Waals surface area contributed by atoms with Crippen molar-refractivity contribution in [3.05, 3.63) is 97.2 Å². The number of phosphoric acid groups is 2. The Morgan fingerprint density at radius 1 is 0.296 bits per heavy atom. The first-order valence-corrected chi connectivity index (χ1v) is 41.5. The molecule has 98 heavy (non-hydrogen) atoms. The summed E-state index contributed by atoms with van der Waals surface area (Å²) in [6, 6.07) is 0. The molecule has 19 heteroatoms. The SMILES string of the molecule is CC/C=C\C/C=C\C/C=C\C/C=C\CCCCCCC(=O)OCC(COP(=O)(O)OCC(O)COP(=O)(O)OCC(COC(=O)CCCCCCC/C=C\CCCCCCCC)OC(=O)CCCCCCCCCCCCC)OC(=O)CCCCCCC/C=C\C/C=C\C/C=C\CC. The van der Waals surface area contributed by atoms with Gasteiger partial charge >= 0.3 is 39.5 Å². The van der Waals surface area contributed by atoms with Crippen molar-refractivity contribution < 1.29 is 80.2 Å². The molecule has 0 heterocycles. The Hall–Kier alpha value is -4.02. The van der Waals surface area contributed by atoms with Crippen LogP contribution in [0.15, 0.2) is 97.2 Å². The average molecular weight is 1420 g/mol. The molecule has 17 nitrogen and oxygen atoms in total. The highest BCUT2D eigenvalue weighted by atomic mass is 31.2. The molecule has 0 aromatic carbocycles. The minimum atomic E-state index is -4.98. The summed E-state index contributed by atoms with van der Waals surface area (Å²) in [6.45, 7) is 4.60. The molecule has 0 fully saturated rings. The van der Waals surface area contributed by atoms with Crippen LogP contribution in [-0.4, -0.2) is 96.7 Å². The fraction of sp³-hybridized carbons (Fsp3) is 0.747. The van der Waals surface area contributed by atoms with Crippen LogP contribution in [0.3, 0.4) is 0 Å². The van der Waals surface area contributed by atoms with Gasteiger partial charge in [-0.3, -0.25) is 37.3 Å². The van der Waals surface area contributed by atoms with Crippen molar-refractivity contribution >= 4 is 39.5 Å². The van der Waals surface area contributed by atoms with Gasteiger partial charge in [-0.05, 0) is 122 Å². The Balaban J connectivity index is 5.35. The predicted octanol–water partition coefficient (Wildman–Crippen LogP) is 22.0. The van der Waals surface area contributed by atoms with Gasteiger partial charge in [-0.1, -0.05) is 273 Å². The minimum absolute atomic E-state index is 0.0694. The highest BCUT2D eigenvalue weighted by Crippen LogP contribution is 2.45. The maximum atomic E-state index is 13.1. The number of phosphoric ester groups is 2. The smallest absolute Gasteiger partial charge is 0.462 e. The van der Waals surface area contributed by atoms with E-state index in [9.17, 15) is 43.2 Å². The second kappa shape index (κ2) is 71.4. The first-order valence-electron chi connectivity index (χ1n) is 38.5. The standard InChI is InChI=1S/C79H138O17P2/c1-5-9-13-17-21-25-29-32-35-36-39-41-45-48-52-56-60-64-77(82)90-70-75(96-79(84)66-62-58-54-50-46-42-38-34-31-27-23-19-15-11-7-3)72-94-98(87,88)92-68-73(80)67-91-97(85,86)93-71-74(95-78(83)65-61-57-53-49-43-28-24-20-16-12-8-4)69-89-76(81)63-59-55-51-47-44-40-37-33-30-26-22-18-14-10-6-2/h9,11,13,15,21,23,25,27,32-35,37-39,41,73-75,80H,5-8,10,12,14,16-20,22,24,26,28-31,36,40,42-72H2,1-4H3,(H,85,86)(H,87,88)/b13-9-,15-11-,25-21-,27-23-,35-32-,37-33-,38-34-,41-39-. The molecule has 0 aliphatic heterocycles. The molecule has 0 spiro atoms. The largest absolute Gasteiger partial charge is 0.472 e. The molecule has 0 aliphatic rings. The summed E-state index contributed by atoms with van der Waals surface area (Å²) >= 11 is 0. The van der Waals surface area contributed by atoms with Crippen molar-refractivity contribution in [1.29, 1.82) is 0 Å². The van der Waals surface area contributed by atoms with Crippen LogP contribution in [0.2, 0.25) is 0 Å². The Bertz CT molecular complexity index is 2240. The van der Waals surface area contributed by atoms with Crippen LogP contribution in [0.1, 0.15) is 323 Å². The number of ether oxygens (including phenoxy) is 4. The highest BCUT2D eigenvalue weighted by Gasteiger charge is 2.30. The third-order valence-corrected chi connectivity index (χ3v) is 17.9. The third-order valence-electron chi connectivity index (χ3n) is 16.0. The number of aliphatic hydroxyl groups excluding tert-OH is 1. The number of aliphatic hydroxyl groups is 1. The van der Waals surface area contributed by atoms with Gasteiger partial charge < -0.3 is 33.8 Å². The normalized spacial score (nSPS) is 14.5. The van der Waals surface area contributed by atoms with Crippen molar-refractivity contribution in [1.82, 2.24) is 0 Å². The van der Waals surface area contributed by atoms with Crippen molar-refractivity contribution in [2.24, 2.45) is 0 Å². The monoisotopic (exact) mass is 1420 g/mol. The zero-order chi connectivity index (χ0) is 71.8. The van der Waals surface area contributed by atoms with E-state index in [2.05, 4.69) is 125 Å². The van der Waals surface area contributed by atoms with E-state index in [0.29, 0.717) is 25.7 Å². The van der Waals surface area contributed by atoms with Crippen molar-refractivity contribution in [3.8, 4) is 0 Å². The molecule has 0 saturated heterocycles. The molecule has 0 bridgehead atoms. The van der Waals surface area contributed by atoms with Gasteiger partial charge in [-0.15, -0.1) is 0 Å². The number of hydrogen-bond acceptors (Lipinski definition) is 15. The Kier molecular flexibility index (Phi) is 68.4.